The molecule has 0 atom stereocenters. The molecular weight excluding hydrogens is 354 g/mol. The minimum Gasteiger partial charge on any atom is -0.494 e. The van der Waals surface area contributed by atoms with Gasteiger partial charge >= 0.3 is 0 Å². The third-order valence-electron chi connectivity index (χ3n) is 4.91. The topological polar surface area (TPSA) is 71.5 Å². The minimum atomic E-state index is 0.0282. The third kappa shape index (κ3) is 5.81. The van der Waals surface area contributed by atoms with Crippen LogP contribution in [0.3, 0.4) is 0 Å². The number of nitrogens with zero attached hydrogens (tertiary/aromatic N) is 2. The zero-order chi connectivity index (χ0) is 19.8. The van der Waals surface area contributed by atoms with Crippen LogP contribution in [0.1, 0.15) is 41.6 Å². The monoisotopic (exact) mass is 381 g/mol. The van der Waals surface area contributed by atoms with Crippen molar-refractivity contribution in [3.63, 3.8) is 0 Å². The molecule has 1 saturated heterocycles. The normalized spacial score (nSPS) is 14.5. The molecule has 6 nitrogen and oxygen atoms in total. The van der Waals surface area contributed by atoms with Crippen LogP contribution < -0.4 is 10.1 Å². The predicted molar refractivity (Wildman–Crippen MR) is 107 cm³/mol. The zero-order valence-corrected chi connectivity index (χ0v) is 16.3. The van der Waals surface area contributed by atoms with Gasteiger partial charge in [-0.25, -0.2) is 0 Å². The molecule has 1 N–H and O–H groups in total. The van der Waals surface area contributed by atoms with Crippen LogP contribution in [0.15, 0.2) is 48.8 Å². The molecule has 1 aliphatic rings. The molecule has 0 unspecified atom stereocenters. The summed E-state index contributed by atoms with van der Waals surface area (Å²) in [4.78, 5) is 30.4. The van der Waals surface area contributed by atoms with Crippen LogP contribution in [-0.4, -0.2) is 47.4 Å². The van der Waals surface area contributed by atoms with Crippen LogP contribution in [-0.2, 0) is 4.79 Å². The molecule has 28 heavy (non-hydrogen) atoms. The second kappa shape index (κ2) is 9.88. The summed E-state index contributed by atoms with van der Waals surface area (Å²) in [5.41, 5.74) is 1.85. The van der Waals surface area contributed by atoms with Gasteiger partial charge in [0.1, 0.15) is 5.75 Å². The van der Waals surface area contributed by atoms with Crippen molar-refractivity contribution in [1.29, 1.82) is 0 Å². The lowest BCUT2D eigenvalue weighted by atomic mass is 10.0. The van der Waals surface area contributed by atoms with E-state index in [1.54, 1.807) is 24.5 Å². The highest BCUT2D eigenvalue weighted by molar-refractivity contribution is 5.94. The van der Waals surface area contributed by atoms with Crippen molar-refractivity contribution >= 4 is 11.8 Å². The molecule has 0 bridgehead atoms. The van der Waals surface area contributed by atoms with E-state index in [0.29, 0.717) is 38.1 Å². The Morgan fingerprint density at radius 2 is 1.79 bits per heavy atom. The van der Waals surface area contributed by atoms with Gasteiger partial charge in [0.2, 0.25) is 5.91 Å². The van der Waals surface area contributed by atoms with Gasteiger partial charge in [0, 0.05) is 43.5 Å². The van der Waals surface area contributed by atoms with Crippen molar-refractivity contribution in [1.82, 2.24) is 15.2 Å². The van der Waals surface area contributed by atoms with Crippen molar-refractivity contribution in [3.05, 3.63) is 59.9 Å². The summed E-state index contributed by atoms with van der Waals surface area (Å²) in [7, 11) is 0. The van der Waals surface area contributed by atoms with E-state index in [2.05, 4.69) is 10.3 Å². The molecule has 2 amide bonds. The van der Waals surface area contributed by atoms with Crippen LogP contribution in [0.2, 0.25) is 0 Å². The van der Waals surface area contributed by atoms with Crippen LogP contribution >= 0.6 is 0 Å². The number of rotatable bonds is 7. The van der Waals surface area contributed by atoms with E-state index in [1.807, 2.05) is 36.1 Å². The van der Waals surface area contributed by atoms with E-state index in [1.165, 1.54) is 5.56 Å². The number of hydrogen-bond acceptors (Lipinski definition) is 4. The second-order valence-corrected chi connectivity index (χ2v) is 7.13. The first-order valence-electron chi connectivity index (χ1n) is 9.80. The van der Waals surface area contributed by atoms with Gasteiger partial charge in [-0.1, -0.05) is 17.7 Å². The Morgan fingerprint density at radius 3 is 2.46 bits per heavy atom. The fourth-order valence-electron chi connectivity index (χ4n) is 3.26. The maximum atomic E-state index is 12.4. The number of benzene rings is 1. The van der Waals surface area contributed by atoms with Gasteiger partial charge in [-0.15, -0.1) is 0 Å². The number of likely N-dealkylation sites (tertiary alicyclic amines) is 1. The lowest BCUT2D eigenvalue weighted by molar-refractivity contribution is -0.122. The predicted octanol–water partition coefficient (Wildman–Crippen LogP) is 2.97. The van der Waals surface area contributed by atoms with Crippen LogP contribution in [0.25, 0.3) is 0 Å². The molecule has 1 fully saturated rings. The first-order chi connectivity index (χ1) is 13.6. The van der Waals surface area contributed by atoms with Crippen molar-refractivity contribution < 1.29 is 14.3 Å². The number of carbonyl (C=O) groups is 2. The fourth-order valence-corrected chi connectivity index (χ4v) is 3.26. The van der Waals surface area contributed by atoms with Crippen LogP contribution in [0.5, 0.6) is 5.75 Å². The zero-order valence-electron chi connectivity index (χ0n) is 16.3. The number of amides is 2. The maximum absolute atomic E-state index is 12.4. The number of nitrogens with one attached hydrogen (secondary N) is 1. The number of piperidine rings is 1. The van der Waals surface area contributed by atoms with E-state index < -0.39 is 0 Å². The van der Waals surface area contributed by atoms with Crippen molar-refractivity contribution in [2.75, 3.05) is 19.7 Å². The highest BCUT2D eigenvalue weighted by Crippen LogP contribution is 2.14. The molecule has 2 heterocycles. The second-order valence-electron chi connectivity index (χ2n) is 7.13. The Balaban J connectivity index is 1.32. The number of ether oxygens (including phenoxy) is 1. The summed E-state index contributed by atoms with van der Waals surface area (Å²) in [6.07, 6.45) is 5.94. The first-order valence-corrected chi connectivity index (χ1v) is 9.80. The van der Waals surface area contributed by atoms with E-state index >= 15 is 0 Å². The molecule has 148 valence electrons. The van der Waals surface area contributed by atoms with Gasteiger partial charge in [-0.2, -0.15) is 0 Å². The lowest BCUT2D eigenvalue weighted by Crippen LogP contribution is -2.46. The molecule has 0 radical (unpaired) electrons. The largest absolute Gasteiger partial charge is 0.494 e. The molecule has 1 aromatic heterocycles. The molecule has 0 aliphatic carbocycles. The number of carbonyl (C=O) groups excluding carboxylic acids is 2. The molecule has 0 spiro atoms. The number of hydrogen-bond donors (Lipinski definition) is 1. The number of pyridine rings is 1. The van der Waals surface area contributed by atoms with Gasteiger partial charge in [0.05, 0.1) is 6.61 Å². The average Bonchev–Trinajstić information content (AvgIpc) is 2.73. The van der Waals surface area contributed by atoms with Crippen molar-refractivity contribution in [2.45, 2.75) is 38.6 Å². The first kappa shape index (κ1) is 19.9. The smallest absolute Gasteiger partial charge is 0.253 e. The summed E-state index contributed by atoms with van der Waals surface area (Å²) in [6.45, 7) is 3.87. The summed E-state index contributed by atoms with van der Waals surface area (Å²) in [5.74, 6) is 0.907. The van der Waals surface area contributed by atoms with Gasteiger partial charge in [0.15, 0.2) is 0 Å². The minimum absolute atomic E-state index is 0.0282. The molecule has 1 aromatic carbocycles. The van der Waals surface area contributed by atoms with Gasteiger partial charge in [-0.05, 0) is 50.5 Å². The van der Waals surface area contributed by atoms with Gasteiger partial charge in [0.25, 0.3) is 5.91 Å². The van der Waals surface area contributed by atoms with E-state index in [0.717, 1.165) is 18.6 Å². The quantitative estimate of drug-likeness (QED) is 0.749. The van der Waals surface area contributed by atoms with Gasteiger partial charge in [-0.3, -0.25) is 14.6 Å². The number of aryl methyl sites for hydroxylation is 1. The van der Waals surface area contributed by atoms with E-state index in [9.17, 15) is 9.59 Å². The highest BCUT2D eigenvalue weighted by Gasteiger charge is 2.24. The Bertz CT molecular complexity index is 769. The lowest BCUT2D eigenvalue weighted by Gasteiger charge is -2.32. The molecule has 1 aliphatic heterocycles. The molecule has 6 heteroatoms. The Kier molecular flexibility index (Phi) is 7.00. The molecule has 0 saturated carbocycles. The van der Waals surface area contributed by atoms with Crippen LogP contribution in [0.4, 0.5) is 0 Å². The highest BCUT2D eigenvalue weighted by atomic mass is 16.5. The summed E-state index contributed by atoms with van der Waals surface area (Å²) < 4.78 is 5.66. The van der Waals surface area contributed by atoms with Gasteiger partial charge < -0.3 is 15.0 Å². The standard InChI is InChI=1S/C22H27N3O3/c1-17-4-6-20(7-5-17)28-16-2-3-21(26)24-19-10-14-25(15-11-19)22(27)18-8-12-23-13-9-18/h4-9,12-13,19H,2-3,10-11,14-16H2,1H3,(H,24,26). The Morgan fingerprint density at radius 1 is 1.11 bits per heavy atom. The summed E-state index contributed by atoms with van der Waals surface area (Å²) in [6, 6.07) is 11.5. The third-order valence-corrected chi connectivity index (χ3v) is 4.91. The summed E-state index contributed by atoms with van der Waals surface area (Å²) in [5, 5.41) is 3.08. The SMILES string of the molecule is Cc1ccc(OCCCC(=O)NC2CCN(C(=O)c3ccncc3)CC2)cc1. The fraction of sp³-hybridized carbons (Fsp3) is 0.409. The summed E-state index contributed by atoms with van der Waals surface area (Å²) >= 11 is 0. The number of aromatic nitrogens is 1. The molecule has 2 aromatic rings. The maximum Gasteiger partial charge on any atom is 0.253 e. The van der Waals surface area contributed by atoms with E-state index in [-0.39, 0.29) is 17.9 Å². The Hall–Kier alpha value is -2.89. The molecule has 3 rings (SSSR count). The van der Waals surface area contributed by atoms with Crippen molar-refractivity contribution in [3.8, 4) is 5.75 Å². The van der Waals surface area contributed by atoms with Crippen LogP contribution in [0, 0.1) is 6.92 Å². The van der Waals surface area contributed by atoms with E-state index in [4.69, 9.17) is 4.74 Å². The average molecular weight is 381 g/mol. The van der Waals surface area contributed by atoms with Crippen molar-refractivity contribution in [2.24, 2.45) is 0 Å². The Labute approximate surface area is 165 Å². The molecular formula is C22H27N3O3.